The van der Waals surface area contributed by atoms with Gasteiger partial charge in [0.25, 0.3) is 11.5 Å². The summed E-state index contributed by atoms with van der Waals surface area (Å²) in [4.78, 5) is 40.6. The molecule has 1 fully saturated rings. The Kier molecular flexibility index (Phi) is 6.42. The van der Waals surface area contributed by atoms with Crippen LogP contribution in [-0.2, 0) is 11.3 Å². The fourth-order valence-electron chi connectivity index (χ4n) is 4.54. The van der Waals surface area contributed by atoms with E-state index in [1.165, 1.54) is 36.1 Å². The lowest BCUT2D eigenvalue weighted by Crippen LogP contribution is -2.30. The van der Waals surface area contributed by atoms with Gasteiger partial charge < -0.3 is 10.1 Å². The van der Waals surface area contributed by atoms with Crippen LogP contribution in [-0.4, -0.2) is 33.7 Å². The predicted octanol–water partition coefficient (Wildman–Crippen LogP) is 4.69. The second-order valence-corrected chi connectivity index (χ2v) is 9.04. The van der Waals surface area contributed by atoms with E-state index in [0.29, 0.717) is 28.3 Å². The second kappa shape index (κ2) is 9.85. The molecule has 2 heterocycles. The molecule has 8 nitrogen and oxygen atoms in total. The molecule has 9 heteroatoms. The van der Waals surface area contributed by atoms with Gasteiger partial charge in [-0.15, -0.1) is 0 Å². The van der Waals surface area contributed by atoms with Crippen LogP contribution >= 0.6 is 0 Å². The number of nitrogens with one attached hydrogen (secondary N) is 2. The molecule has 0 unspecified atom stereocenters. The molecule has 3 aromatic carbocycles. The molecule has 2 N–H and O–H groups in total. The number of halogens is 1. The molecule has 0 atom stereocenters. The maximum atomic E-state index is 13.8. The average Bonchev–Trinajstić information content (AvgIpc) is 3.35. The molecule has 38 heavy (non-hydrogen) atoms. The van der Waals surface area contributed by atoms with Gasteiger partial charge in [-0.05, 0) is 61.4 Å². The van der Waals surface area contributed by atoms with E-state index in [0.717, 1.165) is 16.0 Å². The van der Waals surface area contributed by atoms with E-state index in [1.54, 1.807) is 18.2 Å². The third-order valence-electron chi connectivity index (χ3n) is 6.38. The number of carbonyl (C=O) groups is 2. The first-order valence-electron chi connectivity index (χ1n) is 11.9. The Morgan fingerprint density at radius 1 is 0.974 bits per heavy atom. The molecule has 0 bridgehead atoms. The SMILES string of the molecule is COc1ccccc1-c1[nH]n(-c2ccc(C)cc2C)c(=O)c1C=C1NC(=O)N(Cc2cccc(F)c2)C1=O. The van der Waals surface area contributed by atoms with Crippen molar-refractivity contribution in [1.29, 1.82) is 0 Å². The van der Waals surface area contributed by atoms with Gasteiger partial charge in [-0.3, -0.25) is 19.6 Å². The second-order valence-electron chi connectivity index (χ2n) is 9.04. The molecule has 0 radical (unpaired) electrons. The van der Waals surface area contributed by atoms with Crippen LogP contribution in [0.15, 0.2) is 77.2 Å². The fourth-order valence-corrected chi connectivity index (χ4v) is 4.54. The smallest absolute Gasteiger partial charge is 0.329 e. The van der Waals surface area contributed by atoms with Crippen LogP contribution in [0.4, 0.5) is 9.18 Å². The Labute approximate surface area is 218 Å². The highest BCUT2D eigenvalue weighted by Gasteiger charge is 2.34. The first-order chi connectivity index (χ1) is 18.3. The van der Waals surface area contributed by atoms with Gasteiger partial charge in [0.2, 0.25) is 0 Å². The third-order valence-corrected chi connectivity index (χ3v) is 6.38. The number of H-pyrrole nitrogens is 1. The van der Waals surface area contributed by atoms with Crippen molar-refractivity contribution in [1.82, 2.24) is 20.0 Å². The summed E-state index contributed by atoms with van der Waals surface area (Å²) in [7, 11) is 1.53. The maximum absolute atomic E-state index is 13.8. The van der Waals surface area contributed by atoms with Crippen molar-refractivity contribution in [2.45, 2.75) is 20.4 Å². The number of hydrogen-bond acceptors (Lipinski definition) is 4. The maximum Gasteiger partial charge on any atom is 0.329 e. The lowest BCUT2D eigenvalue weighted by Gasteiger charge is -2.11. The number of methoxy groups -OCH3 is 1. The summed E-state index contributed by atoms with van der Waals surface area (Å²) in [6.07, 6.45) is 1.37. The molecule has 0 aliphatic carbocycles. The molecule has 0 saturated carbocycles. The molecule has 1 saturated heterocycles. The zero-order valence-corrected chi connectivity index (χ0v) is 21.0. The normalized spacial score (nSPS) is 14.3. The fraction of sp³-hybridized carbons (Fsp3) is 0.138. The van der Waals surface area contributed by atoms with Crippen LogP contribution in [0.3, 0.4) is 0 Å². The highest BCUT2D eigenvalue weighted by Crippen LogP contribution is 2.32. The van der Waals surface area contributed by atoms with Gasteiger partial charge in [-0.1, -0.05) is 42.0 Å². The van der Waals surface area contributed by atoms with Gasteiger partial charge in [-0.25, -0.2) is 13.9 Å². The van der Waals surface area contributed by atoms with E-state index >= 15 is 0 Å². The number of rotatable bonds is 6. The number of carbonyl (C=O) groups excluding carboxylic acids is 2. The number of benzene rings is 3. The Balaban J connectivity index is 1.62. The van der Waals surface area contributed by atoms with Crippen molar-refractivity contribution in [3.8, 4) is 22.7 Å². The average molecular weight is 513 g/mol. The van der Waals surface area contributed by atoms with Crippen molar-refractivity contribution >= 4 is 18.0 Å². The van der Waals surface area contributed by atoms with Crippen LogP contribution in [0.1, 0.15) is 22.3 Å². The molecule has 192 valence electrons. The van der Waals surface area contributed by atoms with Crippen LogP contribution in [0.2, 0.25) is 0 Å². The summed E-state index contributed by atoms with van der Waals surface area (Å²) < 4.78 is 20.6. The number of aromatic amines is 1. The Morgan fingerprint density at radius 2 is 1.76 bits per heavy atom. The van der Waals surface area contributed by atoms with E-state index in [4.69, 9.17) is 4.74 Å². The standard InChI is InChI=1S/C29H25FN4O4/c1-17-11-12-24(18(2)13-17)34-27(35)22(26(32-34)21-9-4-5-10-25(21)38-3)15-23-28(36)33(29(37)31-23)16-19-7-6-8-20(30)14-19/h4-15,32H,16H2,1-3H3,(H,31,37). The van der Waals surface area contributed by atoms with Crippen molar-refractivity contribution < 1.29 is 18.7 Å². The minimum atomic E-state index is -0.658. The zero-order chi connectivity index (χ0) is 27.0. The highest BCUT2D eigenvalue weighted by atomic mass is 19.1. The quantitative estimate of drug-likeness (QED) is 0.289. The Hall–Kier alpha value is -4.92. The summed E-state index contributed by atoms with van der Waals surface area (Å²) in [6.45, 7) is 3.76. The van der Waals surface area contributed by atoms with Gasteiger partial charge in [0, 0.05) is 5.56 Å². The molecular formula is C29H25FN4O4. The number of aryl methyl sites for hydroxylation is 2. The van der Waals surface area contributed by atoms with Crippen molar-refractivity contribution in [3.63, 3.8) is 0 Å². The summed E-state index contributed by atoms with van der Waals surface area (Å²) in [6, 6.07) is 17.9. The van der Waals surface area contributed by atoms with E-state index in [-0.39, 0.29) is 17.8 Å². The van der Waals surface area contributed by atoms with Crippen LogP contribution < -0.4 is 15.6 Å². The summed E-state index contributed by atoms with van der Waals surface area (Å²) >= 11 is 0. The predicted molar refractivity (Wildman–Crippen MR) is 141 cm³/mol. The summed E-state index contributed by atoms with van der Waals surface area (Å²) in [5.74, 6) is -0.564. The van der Waals surface area contributed by atoms with Gasteiger partial charge in [0.15, 0.2) is 0 Å². The summed E-state index contributed by atoms with van der Waals surface area (Å²) in [5.41, 5.74) is 3.77. The first kappa shape index (κ1) is 24.8. The van der Waals surface area contributed by atoms with E-state index < -0.39 is 23.3 Å². The van der Waals surface area contributed by atoms with Crippen LogP contribution in [0.5, 0.6) is 5.75 Å². The molecule has 3 amide bonds. The molecule has 4 aromatic rings. The summed E-state index contributed by atoms with van der Waals surface area (Å²) in [5, 5.41) is 5.73. The van der Waals surface area contributed by atoms with Crippen LogP contribution in [0, 0.1) is 19.7 Å². The lowest BCUT2D eigenvalue weighted by molar-refractivity contribution is -0.123. The molecular weight excluding hydrogens is 487 g/mol. The minimum absolute atomic E-state index is 0.0635. The van der Waals surface area contributed by atoms with Gasteiger partial charge in [0.1, 0.15) is 17.3 Å². The van der Waals surface area contributed by atoms with Gasteiger partial charge in [-0.2, -0.15) is 0 Å². The minimum Gasteiger partial charge on any atom is -0.496 e. The number of hydrogen-bond donors (Lipinski definition) is 2. The zero-order valence-electron chi connectivity index (χ0n) is 21.0. The molecule has 5 rings (SSSR count). The Morgan fingerprint density at radius 3 is 2.50 bits per heavy atom. The molecule has 1 aliphatic heterocycles. The number of aromatic nitrogens is 2. The van der Waals surface area contributed by atoms with E-state index in [2.05, 4.69) is 10.4 Å². The Bertz CT molecular complexity index is 1670. The number of urea groups is 1. The molecule has 1 aliphatic rings. The molecule has 1 aromatic heterocycles. The van der Waals surface area contributed by atoms with Crippen molar-refractivity contribution in [2.75, 3.05) is 7.11 Å². The largest absolute Gasteiger partial charge is 0.496 e. The van der Waals surface area contributed by atoms with Crippen LogP contribution in [0.25, 0.3) is 23.0 Å². The third kappa shape index (κ3) is 4.50. The van der Waals surface area contributed by atoms with Gasteiger partial charge in [0.05, 0.1) is 30.6 Å². The highest BCUT2D eigenvalue weighted by molar-refractivity contribution is 6.14. The first-order valence-corrected chi connectivity index (χ1v) is 11.9. The number of ether oxygens (including phenoxy) is 1. The van der Waals surface area contributed by atoms with Crippen molar-refractivity contribution in [3.05, 3.63) is 111 Å². The number of imide groups is 1. The number of para-hydroxylation sites is 1. The van der Waals surface area contributed by atoms with Crippen molar-refractivity contribution in [2.24, 2.45) is 0 Å². The number of nitrogens with zero attached hydrogens (tertiary/aromatic N) is 2. The van der Waals surface area contributed by atoms with E-state index in [9.17, 15) is 18.8 Å². The van der Waals surface area contributed by atoms with Gasteiger partial charge >= 0.3 is 6.03 Å². The van der Waals surface area contributed by atoms with E-state index in [1.807, 2.05) is 44.2 Å². The number of amides is 3. The monoisotopic (exact) mass is 512 g/mol. The topological polar surface area (TPSA) is 96.4 Å². The molecule has 0 spiro atoms. The lowest BCUT2D eigenvalue weighted by atomic mass is 10.1.